The molecule has 1 saturated heterocycles. The van der Waals surface area contributed by atoms with Crippen LogP contribution in [0, 0.1) is 5.41 Å². The quantitative estimate of drug-likeness (QED) is 0.265. The van der Waals surface area contributed by atoms with Crippen molar-refractivity contribution >= 4 is 27.8 Å². The van der Waals surface area contributed by atoms with Crippen molar-refractivity contribution in [1.82, 2.24) is 16.0 Å². The van der Waals surface area contributed by atoms with Gasteiger partial charge in [-0.3, -0.25) is 9.79 Å². The maximum absolute atomic E-state index is 12.0. The molecule has 4 N–H and O–H groups in total. The number of hydrogen-bond acceptors (Lipinski definition) is 4. The molecule has 150 valence electrons. The second kappa shape index (κ2) is 11.3. The summed E-state index contributed by atoms with van der Waals surface area (Å²) >= 11 is 3.36. The van der Waals surface area contributed by atoms with E-state index in [9.17, 15) is 9.90 Å². The summed E-state index contributed by atoms with van der Waals surface area (Å²) in [6.45, 7) is 3.57. The molecular formula is C19H29BrN4O3. The van der Waals surface area contributed by atoms with Gasteiger partial charge >= 0.3 is 0 Å². The topological polar surface area (TPSA) is 95.0 Å². The molecule has 7 nitrogen and oxygen atoms in total. The first-order chi connectivity index (χ1) is 13.1. The number of carbonyl (C=O) groups is 1. The number of guanidine groups is 1. The number of halogens is 1. The third kappa shape index (κ3) is 7.12. The van der Waals surface area contributed by atoms with Crippen molar-refractivity contribution in [1.29, 1.82) is 0 Å². The molecule has 1 aromatic rings. The largest absolute Gasteiger partial charge is 0.396 e. The molecule has 1 aliphatic heterocycles. The summed E-state index contributed by atoms with van der Waals surface area (Å²) < 4.78 is 6.45. The van der Waals surface area contributed by atoms with Crippen molar-refractivity contribution in [2.24, 2.45) is 10.4 Å². The molecule has 1 heterocycles. The Labute approximate surface area is 169 Å². The lowest BCUT2D eigenvalue weighted by molar-refractivity contribution is 0.0953. The van der Waals surface area contributed by atoms with E-state index in [0.717, 1.165) is 36.3 Å². The van der Waals surface area contributed by atoms with E-state index in [4.69, 9.17) is 4.74 Å². The van der Waals surface area contributed by atoms with Crippen LogP contribution in [0.4, 0.5) is 0 Å². The van der Waals surface area contributed by atoms with Gasteiger partial charge < -0.3 is 25.8 Å². The molecule has 0 aliphatic carbocycles. The Bertz CT molecular complexity index is 616. The lowest BCUT2D eigenvalue weighted by Crippen LogP contribution is -2.45. The highest BCUT2D eigenvalue weighted by Crippen LogP contribution is 2.31. The van der Waals surface area contributed by atoms with Crippen LogP contribution < -0.4 is 16.0 Å². The number of amides is 1. The fraction of sp³-hybridized carbons (Fsp3) is 0.579. The van der Waals surface area contributed by atoms with E-state index in [1.165, 1.54) is 0 Å². The average molecular weight is 441 g/mol. The van der Waals surface area contributed by atoms with Crippen LogP contribution in [0.5, 0.6) is 0 Å². The summed E-state index contributed by atoms with van der Waals surface area (Å²) in [7, 11) is 1.73. The van der Waals surface area contributed by atoms with Crippen LogP contribution in [0.3, 0.4) is 0 Å². The second-order valence-corrected chi connectivity index (χ2v) is 7.66. The van der Waals surface area contributed by atoms with Gasteiger partial charge in [0.25, 0.3) is 5.91 Å². The van der Waals surface area contributed by atoms with Crippen LogP contribution in [-0.2, 0) is 4.74 Å². The van der Waals surface area contributed by atoms with Crippen molar-refractivity contribution in [3.05, 3.63) is 34.3 Å². The number of aliphatic hydroxyl groups is 1. The van der Waals surface area contributed by atoms with Gasteiger partial charge in [-0.15, -0.1) is 0 Å². The smallest absolute Gasteiger partial charge is 0.251 e. The van der Waals surface area contributed by atoms with Crippen LogP contribution in [0.25, 0.3) is 0 Å². The van der Waals surface area contributed by atoms with Gasteiger partial charge in [0.15, 0.2) is 5.96 Å². The van der Waals surface area contributed by atoms with Crippen LogP contribution >= 0.6 is 15.9 Å². The lowest BCUT2D eigenvalue weighted by Gasteiger charge is -2.27. The van der Waals surface area contributed by atoms with Crippen LogP contribution in [0.2, 0.25) is 0 Å². The molecular weight excluding hydrogens is 412 g/mol. The summed E-state index contributed by atoms with van der Waals surface area (Å²) in [5.41, 5.74) is 0.627. The van der Waals surface area contributed by atoms with Crippen LogP contribution in [-0.4, -0.2) is 63.5 Å². The SMILES string of the molecule is CN=C(NCCCNC(=O)c1ccc(Br)cc1)NCC1(CCO)CCOC1. The number of benzene rings is 1. The van der Waals surface area contributed by atoms with E-state index >= 15 is 0 Å². The highest BCUT2D eigenvalue weighted by Gasteiger charge is 2.34. The van der Waals surface area contributed by atoms with E-state index in [1.54, 1.807) is 19.2 Å². The molecule has 0 aromatic heterocycles. The number of aliphatic imine (C=N–C) groups is 1. The van der Waals surface area contributed by atoms with Crippen molar-refractivity contribution < 1.29 is 14.6 Å². The predicted octanol–water partition coefficient (Wildman–Crippen LogP) is 1.52. The third-order valence-corrected chi connectivity index (χ3v) is 5.25. The Morgan fingerprint density at radius 1 is 1.26 bits per heavy atom. The Morgan fingerprint density at radius 2 is 2.00 bits per heavy atom. The Hall–Kier alpha value is -1.64. The lowest BCUT2D eigenvalue weighted by atomic mass is 9.84. The van der Waals surface area contributed by atoms with Gasteiger partial charge in [-0.05, 0) is 43.5 Å². The standard InChI is InChI=1S/C19H29BrN4O3/c1-21-18(24-13-19(7-11-25)8-12-27-14-19)23-10-2-9-22-17(26)15-3-5-16(20)6-4-15/h3-6,25H,2,7-14H2,1H3,(H,22,26)(H2,21,23,24). The average Bonchev–Trinajstić information content (AvgIpc) is 3.13. The van der Waals surface area contributed by atoms with Gasteiger partial charge in [-0.1, -0.05) is 15.9 Å². The van der Waals surface area contributed by atoms with Crippen molar-refractivity contribution in [3.63, 3.8) is 0 Å². The first-order valence-electron chi connectivity index (χ1n) is 9.25. The van der Waals surface area contributed by atoms with Crippen LogP contribution in [0.15, 0.2) is 33.7 Å². The van der Waals surface area contributed by atoms with Gasteiger partial charge in [-0.25, -0.2) is 0 Å². The van der Waals surface area contributed by atoms with Crippen molar-refractivity contribution in [3.8, 4) is 0 Å². The number of carbonyl (C=O) groups excluding carboxylic acids is 1. The molecule has 1 unspecified atom stereocenters. The van der Waals surface area contributed by atoms with Crippen molar-refractivity contribution in [2.75, 3.05) is 46.5 Å². The molecule has 1 fully saturated rings. The highest BCUT2D eigenvalue weighted by molar-refractivity contribution is 9.10. The molecule has 0 bridgehead atoms. The van der Waals surface area contributed by atoms with Gasteiger partial charge in [0, 0.05) is 55.3 Å². The number of aliphatic hydroxyl groups excluding tert-OH is 1. The molecule has 0 spiro atoms. The van der Waals surface area contributed by atoms with E-state index in [2.05, 4.69) is 36.9 Å². The molecule has 1 aliphatic rings. The minimum absolute atomic E-state index is 0.0228. The number of nitrogens with zero attached hydrogens (tertiary/aromatic N) is 1. The van der Waals surface area contributed by atoms with E-state index in [1.807, 2.05) is 12.1 Å². The zero-order chi connectivity index (χ0) is 19.5. The molecule has 1 amide bonds. The molecule has 0 saturated carbocycles. The molecule has 8 heteroatoms. The zero-order valence-corrected chi connectivity index (χ0v) is 17.3. The number of ether oxygens (including phenoxy) is 1. The summed E-state index contributed by atoms with van der Waals surface area (Å²) in [5, 5.41) is 18.8. The fourth-order valence-electron chi connectivity index (χ4n) is 3.00. The molecule has 1 atom stereocenters. The number of rotatable bonds is 9. The monoisotopic (exact) mass is 440 g/mol. The summed E-state index contributed by atoms with van der Waals surface area (Å²) in [4.78, 5) is 16.3. The maximum atomic E-state index is 12.0. The van der Waals surface area contributed by atoms with Crippen molar-refractivity contribution in [2.45, 2.75) is 19.3 Å². The van der Waals surface area contributed by atoms with Gasteiger partial charge in [0.2, 0.25) is 0 Å². The highest BCUT2D eigenvalue weighted by atomic mass is 79.9. The van der Waals surface area contributed by atoms with Gasteiger partial charge in [-0.2, -0.15) is 0 Å². The first kappa shape index (κ1) is 21.7. The van der Waals surface area contributed by atoms with E-state index < -0.39 is 0 Å². The molecule has 2 rings (SSSR count). The summed E-state index contributed by atoms with van der Waals surface area (Å²) in [6.07, 6.45) is 2.45. The number of hydrogen-bond donors (Lipinski definition) is 4. The molecule has 27 heavy (non-hydrogen) atoms. The number of nitrogens with one attached hydrogen (secondary N) is 3. The Balaban J connectivity index is 1.64. The first-order valence-corrected chi connectivity index (χ1v) is 10.0. The van der Waals surface area contributed by atoms with E-state index in [-0.39, 0.29) is 17.9 Å². The van der Waals surface area contributed by atoms with E-state index in [0.29, 0.717) is 31.8 Å². The fourth-order valence-corrected chi connectivity index (χ4v) is 3.27. The molecule has 0 radical (unpaired) electrons. The summed E-state index contributed by atoms with van der Waals surface area (Å²) in [5.74, 6) is 0.649. The van der Waals surface area contributed by atoms with Crippen LogP contribution in [0.1, 0.15) is 29.6 Å². The zero-order valence-electron chi connectivity index (χ0n) is 15.8. The Morgan fingerprint density at radius 3 is 2.63 bits per heavy atom. The molecule has 1 aromatic carbocycles. The van der Waals surface area contributed by atoms with Gasteiger partial charge in [0.1, 0.15) is 0 Å². The normalized spacial score (nSPS) is 19.7. The Kier molecular flexibility index (Phi) is 9.03. The predicted molar refractivity (Wildman–Crippen MR) is 110 cm³/mol. The summed E-state index contributed by atoms with van der Waals surface area (Å²) in [6, 6.07) is 7.28. The second-order valence-electron chi connectivity index (χ2n) is 6.75. The minimum atomic E-state index is -0.0721. The maximum Gasteiger partial charge on any atom is 0.251 e. The minimum Gasteiger partial charge on any atom is -0.396 e. The van der Waals surface area contributed by atoms with Gasteiger partial charge in [0.05, 0.1) is 6.61 Å². The third-order valence-electron chi connectivity index (χ3n) is 4.72.